The molecule has 1 N–H and O–H groups in total. The summed E-state index contributed by atoms with van der Waals surface area (Å²) in [6.45, 7) is 3.65. The van der Waals surface area contributed by atoms with Gasteiger partial charge < -0.3 is 10.1 Å². The Kier molecular flexibility index (Phi) is 8.10. The highest BCUT2D eigenvalue weighted by atomic mass is 16.5. The van der Waals surface area contributed by atoms with Crippen molar-refractivity contribution in [2.24, 2.45) is 0 Å². The quantitative estimate of drug-likeness (QED) is 0.293. The van der Waals surface area contributed by atoms with Crippen LogP contribution in [0.1, 0.15) is 29.2 Å². The van der Waals surface area contributed by atoms with Crippen molar-refractivity contribution in [3.05, 3.63) is 144 Å². The van der Waals surface area contributed by atoms with Crippen molar-refractivity contribution in [3.8, 4) is 5.75 Å². The average Bonchev–Trinajstić information content (AvgIpc) is 2.88. The van der Waals surface area contributed by atoms with Gasteiger partial charge in [0.15, 0.2) is 0 Å². The van der Waals surface area contributed by atoms with Crippen LogP contribution in [-0.2, 0) is 13.0 Å². The van der Waals surface area contributed by atoms with Crippen molar-refractivity contribution in [2.75, 3.05) is 6.54 Å². The van der Waals surface area contributed by atoms with Gasteiger partial charge in [-0.05, 0) is 53.3 Å². The molecule has 0 aliphatic rings. The van der Waals surface area contributed by atoms with Crippen molar-refractivity contribution in [3.63, 3.8) is 0 Å². The second-order valence-electron chi connectivity index (χ2n) is 8.28. The first-order chi connectivity index (χ1) is 16.3. The molecule has 0 bridgehead atoms. The maximum absolute atomic E-state index is 5.90. The number of hydrogen-bond acceptors (Lipinski definition) is 2. The third-order valence-corrected chi connectivity index (χ3v) is 5.66. The largest absolute Gasteiger partial charge is 0.489 e. The second kappa shape index (κ2) is 11.8. The van der Waals surface area contributed by atoms with E-state index in [1.165, 1.54) is 27.8 Å². The summed E-state index contributed by atoms with van der Waals surface area (Å²) in [7, 11) is 0. The van der Waals surface area contributed by atoms with E-state index in [1.807, 2.05) is 18.2 Å². The zero-order valence-electron chi connectivity index (χ0n) is 19.2. The molecule has 2 heteroatoms. The number of nitrogens with one attached hydrogen (secondary N) is 1. The number of hydrogen-bond donors (Lipinski definition) is 1. The van der Waals surface area contributed by atoms with Gasteiger partial charge in [-0.25, -0.2) is 0 Å². The number of rotatable bonds is 10. The fraction of sp³-hybridized carbons (Fsp3) is 0.161. The summed E-state index contributed by atoms with van der Waals surface area (Å²) in [6.07, 6.45) is 3.26. The molecule has 0 heterocycles. The van der Waals surface area contributed by atoms with Crippen LogP contribution in [0.15, 0.2) is 121 Å². The summed E-state index contributed by atoms with van der Waals surface area (Å²) in [5.41, 5.74) is 6.22. The van der Waals surface area contributed by atoms with Gasteiger partial charge in [0.1, 0.15) is 12.4 Å². The maximum atomic E-state index is 5.90. The van der Waals surface area contributed by atoms with Crippen molar-refractivity contribution in [2.45, 2.75) is 26.0 Å². The van der Waals surface area contributed by atoms with Gasteiger partial charge in [0.2, 0.25) is 0 Å². The molecule has 0 fully saturated rings. The van der Waals surface area contributed by atoms with Gasteiger partial charge in [-0.1, -0.05) is 109 Å². The molecule has 0 saturated heterocycles. The molecule has 33 heavy (non-hydrogen) atoms. The average molecular weight is 434 g/mol. The molecule has 0 aliphatic carbocycles. The van der Waals surface area contributed by atoms with Crippen LogP contribution in [0.3, 0.4) is 0 Å². The van der Waals surface area contributed by atoms with E-state index >= 15 is 0 Å². The van der Waals surface area contributed by atoms with E-state index in [9.17, 15) is 0 Å². The molecule has 1 unspecified atom stereocenters. The lowest BCUT2D eigenvalue weighted by atomic mass is 9.97. The van der Waals surface area contributed by atoms with Crippen LogP contribution in [0.4, 0.5) is 0 Å². The van der Waals surface area contributed by atoms with Gasteiger partial charge in [-0.2, -0.15) is 0 Å². The predicted octanol–water partition coefficient (Wildman–Crippen LogP) is 6.92. The Morgan fingerprint density at radius 2 is 1.24 bits per heavy atom. The van der Waals surface area contributed by atoms with Crippen LogP contribution in [0.25, 0.3) is 5.57 Å². The molecule has 0 spiro atoms. The van der Waals surface area contributed by atoms with Gasteiger partial charge in [-0.3, -0.25) is 0 Å². The Balaban J connectivity index is 1.31. The molecule has 0 aliphatic heterocycles. The molecule has 4 aromatic carbocycles. The summed E-state index contributed by atoms with van der Waals surface area (Å²) in [4.78, 5) is 0. The highest BCUT2D eigenvalue weighted by Gasteiger charge is 2.06. The fourth-order valence-corrected chi connectivity index (χ4v) is 3.89. The first kappa shape index (κ1) is 22.6. The zero-order chi connectivity index (χ0) is 22.7. The van der Waals surface area contributed by atoms with Gasteiger partial charge in [0.25, 0.3) is 0 Å². The molecule has 4 aromatic rings. The first-order valence-electron chi connectivity index (χ1n) is 11.6. The molecule has 4 rings (SSSR count). The molecule has 0 radical (unpaired) electrons. The van der Waals surface area contributed by atoms with Crippen LogP contribution in [0.2, 0.25) is 0 Å². The molecule has 2 nitrogen and oxygen atoms in total. The topological polar surface area (TPSA) is 21.3 Å². The van der Waals surface area contributed by atoms with Gasteiger partial charge in [0, 0.05) is 12.6 Å². The van der Waals surface area contributed by atoms with E-state index in [4.69, 9.17) is 4.74 Å². The van der Waals surface area contributed by atoms with Crippen LogP contribution < -0.4 is 10.1 Å². The standard InChI is InChI=1S/C31H31NO/c1-25(23-26-17-19-30(20-18-26)33-24-27-11-5-2-6-12-27)32-22-21-31(28-13-7-3-8-14-28)29-15-9-4-10-16-29/h2-21,25,32H,22-24H2,1H3. The van der Waals surface area contributed by atoms with Crippen LogP contribution in [-0.4, -0.2) is 12.6 Å². The lowest BCUT2D eigenvalue weighted by Crippen LogP contribution is -2.28. The molecule has 0 aromatic heterocycles. The first-order valence-corrected chi connectivity index (χ1v) is 11.6. The summed E-state index contributed by atoms with van der Waals surface area (Å²) < 4.78 is 5.90. The Bertz CT molecular complexity index is 1080. The third-order valence-electron chi connectivity index (χ3n) is 5.66. The minimum Gasteiger partial charge on any atom is -0.489 e. The SMILES string of the molecule is CC(Cc1ccc(OCc2ccccc2)cc1)NCC=C(c1ccccc1)c1ccccc1. The highest BCUT2D eigenvalue weighted by Crippen LogP contribution is 2.22. The molecule has 166 valence electrons. The van der Waals surface area contributed by atoms with Gasteiger partial charge >= 0.3 is 0 Å². The minimum absolute atomic E-state index is 0.366. The molecule has 1 atom stereocenters. The Morgan fingerprint density at radius 3 is 1.82 bits per heavy atom. The second-order valence-corrected chi connectivity index (χ2v) is 8.28. The van der Waals surface area contributed by atoms with Crippen LogP contribution in [0, 0.1) is 0 Å². The maximum Gasteiger partial charge on any atom is 0.119 e. The number of benzene rings is 4. The van der Waals surface area contributed by atoms with E-state index in [-0.39, 0.29) is 0 Å². The summed E-state index contributed by atoms with van der Waals surface area (Å²) in [5.74, 6) is 0.904. The molecular weight excluding hydrogens is 402 g/mol. The lowest BCUT2D eigenvalue weighted by Gasteiger charge is -2.15. The predicted molar refractivity (Wildman–Crippen MR) is 138 cm³/mol. The Hall–Kier alpha value is -3.62. The smallest absolute Gasteiger partial charge is 0.119 e. The van der Waals surface area contributed by atoms with Crippen LogP contribution in [0.5, 0.6) is 5.75 Å². The highest BCUT2D eigenvalue weighted by molar-refractivity contribution is 5.79. The van der Waals surface area contributed by atoms with Crippen molar-refractivity contribution < 1.29 is 4.74 Å². The van der Waals surface area contributed by atoms with E-state index in [1.54, 1.807) is 0 Å². The zero-order valence-corrected chi connectivity index (χ0v) is 19.2. The monoisotopic (exact) mass is 433 g/mol. The van der Waals surface area contributed by atoms with E-state index in [2.05, 4.69) is 115 Å². The van der Waals surface area contributed by atoms with Gasteiger partial charge in [0.05, 0.1) is 0 Å². The third kappa shape index (κ3) is 6.93. The Labute approximate surface area is 197 Å². The number of ether oxygens (including phenoxy) is 1. The fourth-order valence-electron chi connectivity index (χ4n) is 3.89. The van der Waals surface area contributed by atoms with E-state index < -0.39 is 0 Å². The van der Waals surface area contributed by atoms with E-state index in [0.29, 0.717) is 12.6 Å². The van der Waals surface area contributed by atoms with Crippen molar-refractivity contribution in [1.82, 2.24) is 5.32 Å². The lowest BCUT2D eigenvalue weighted by molar-refractivity contribution is 0.306. The van der Waals surface area contributed by atoms with Crippen molar-refractivity contribution in [1.29, 1.82) is 0 Å². The Morgan fingerprint density at radius 1 is 0.697 bits per heavy atom. The van der Waals surface area contributed by atoms with Gasteiger partial charge in [-0.15, -0.1) is 0 Å². The van der Waals surface area contributed by atoms with E-state index in [0.717, 1.165) is 18.7 Å². The minimum atomic E-state index is 0.366. The molecular formula is C31H31NO. The van der Waals surface area contributed by atoms with Crippen molar-refractivity contribution >= 4 is 5.57 Å². The molecule has 0 saturated carbocycles. The summed E-state index contributed by atoms with van der Waals surface area (Å²) in [5, 5.41) is 3.65. The summed E-state index contributed by atoms with van der Waals surface area (Å²) >= 11 is 0. The normalized spacial score (nSPS) is 11.5. The van der Waals surface area contributed by atoms with Crippen LogP contribution >= 0.6 is 0 Å². The summed E-state index contributed by atoms with van der Waals surface area (Å²) in [6, 6.07) is 40.2. The molecule has 0 amide bonds.